The zero-order chi connectivity index (χ0) is 17.5. The third-order valence-corrected chi connectivity index (χ3v) is 4.35. The maximum atomic E-state index is 12.4. The van der Waals surface area contributed by atoms with Crippen LogP contribution in [-0.4, -0.2) is 62.2 Å². The predicted octanol–water partition coefficient (Wildman–Crippen LogP) is 1.39. The fourth-order valence-corrected chi connectivity index (χ4v) is 2.87. The quantitative estimate of drug-likeness (QED) is 0.832. The van der Waals surface area contributed by atoms with Gasteiger partial charge >= 0.3 is 0 Å². The van der Waals surface area contributed by atoms with E-state index in [1.807, 2.05) is 30.3 Å². The van der Waals surface area contributed by atoms with Gasteiger partial charge in [-0.3, -0.25) is 14.7 Å². The summed E-state index contributed by atoms with van der Waals surface area (Å²) >= 11 is 0. The Morgan fingerprint density at radius 1 is 1.20 bits per heavy atom. The summed E-state index contributed by atoms with van der Waals surface area (Å²) in [5.74, 6) is 0.719. The highest BCUT2D eigenvalue weighted by atomic mass is 16.5. The highest BCUT2D eigenvalue weighted by Crippen LogP contribution is 2.22. The van der Waals surface area contributed by atoms with Crippen molar-refractivity contribution in [2.45, 2.75) is 0 Å². The Hall–Kier alpha value is -2.44. The number of nitrogens with one attached hydrogen (secondary N) is 2. The number of rotatable bonds is 6. The topological polar surface area (TPSA) is 66.5 Å². The average Bonchev–Trinajstić information content (AvgIpc) is 2.69. The van der Waals surface area contributed by atoms with Crippen LogP contribution in [0.25, 0.3) is 11.1 Å². The van der Waals surface area contributed by atoms with E-state index in [1.165, 1.54) is 0 Å². The molecule has 1 saturated heterocycles. The smallest absolute Gasteiger partial charge is 0.252 e. The Bertz CT molecular complexity index is 697. The minimum atomic E-state index is -0.0852. The Labute approximate surface area is 148 Å². The van der Waals surface area contributed by atoms with Crippen molar-refractivity contribution in [3.05, 3.63) is 48.3 Å². The van der Waals surface area contributed by atoms with Crippen LogP contribution in [0.15, 0.2) is 42.7 Å². The van der Waals surface area contributed by atoms with E-state index in [2.05, 4.69) is 20.5 Å². The minimum Gasteiger partial charge on any atom is -0.497 e. The Morgan fingerprint density at radius 2 is 1.96 bits per heavy atom. The molecule has 0 saturated carbocycles. The zero-order valence-electron chi connectivity index (χ0n) is 14.5. The molecule has 1 aromatic carbocycles. The summed E-state index contributed by atoms with van der Waals surface area (Å²) in [6, 6.07) is 9.59. The molecule has 0 radical (unpaired) electrons. The van der Waals surface area contributed by atoms with Gasteiger partial charge in [0, 0.05) is 57.2 Å². The minimum absolute atomic E-state index is 0.0852. The number of amides is 1. The molecular weight excluding hydrogens is 316 g/mol. The normalized spacial score (nSPS) is 14.9. The first-order valence-electron chi connectivity index (χ1n) is 8.57. The molecule has 0 atom stereocenters. The molecule has 25 heavy (non-hydrogen) atoms. The predicted molar refractivity (Wildman–Crippen MR) is 97.9 cm³/mol. The van der Waals surface area contributed by atoms with Gasteiger partial charge in [-0.15, -0.1) is 0 Å². The zero-order valence-corrected chi connectivity index (χ0v) is 14.5. The summed E-state index contributed by atoms with van der Waals surface area (Å²) in [5, 5.41) is 6.31. The maximum Gasteiger partial charge on any atom is 0.252 e. The van der Waals surface area contributed by atoms with E-state index in [4.69, 9.17) is 4.74 Å². The van der Waals surface area contributed by atoms with Gasteiger partial charge < -0.3 is 15.4 Å². The molecule has 2 N–H and O–H groups in total. The molecule has 132 valence electrons. The molecular formula is C19H24N4O2. The van der Waals surface area contributed by atoms with Gasteiger partial charge in [0.1, 0.15) is 5.75 Å². The van der Waals surface area contributed by atoms with Crippen molar-refractivity contribution >= 4 is 5.91 Å². The first-order chi connectivity index (χ1) is 12.3. The van der Waals surface area contributed by atoms with Gasteiger partial charge in [0.05, 0.1) is 12.7 Å². The fraction of sp³-hybridized carbons (Fsp3) is 0.368. The summed E-state index contributed by atoms with van der Waals surface area (Å²) in [6.07, 6.45) is 3.37. The number of hydrogen-bond donors (Lipinski definition) is 2. The fourth-order valence-electron chi connectivity index (χ4n) is 2.87. The van der Waals surface area contributed by atoms with E-state index < -0.39 is 0 Å². The van der Waals surface area contributed by atoms with Gasteiger partial charge in [-0.1, -0.05) is 12.1 Å². The van der Waals surface area contributed by atoms with Crippen LogP contribution in [-0.2, 0) is 0 Å². The van der Waals surface area contributed by atoms with Gasteiger partial charge in [-0.2, -0.15) is 0 Å². The van der Waals surface area contributed by atoms with Crippen LogP contribution in [0, 0.1) is 0 Å². The third-order valence-electron chi connectivity index (χ3n) is 4.35. The first kappa shape index (κ1) is 17.4. The number of hydrogen-bond acceptors (Lipinski definition) is 5. The van der Waals surface area contributed by atoms with Crippen molar-refractivity contribution < 1.29 is 9.53 Å². The van der Waals surface area contributed by atoms with Gasteiger partial charge in [-0.05, 0) is 23.8 Å². The highest BCUT2D eigenvalue weighted by Gasteiger charge is 2.11. The molecule has 0 unspecified atom stereocenters. The van der Waals surface area contributed by atoms with Gasteiger partial charge in [0.15, 0.2) is 0 Å². The van der Waals surface area contributed by atoms with Gasteiger partial charge in [0.25, 0.3) is 5.91 Å². The van der Waals surface area contributed by atoms with E-state index in [0.29, 0.717) is 12.1 Å². The summed E-state index contributed by atoms with van der Waals surface area (Å²) in [4.78, 5) is 18.9. The number of piperazine rings is 1. The van der Waals surface area contributed by atoms with Crippen molar-refractivity contribution in [1.29, 1.82) is 0 Å². The lowest BCUT2D eigenvalue weighted by Gasteiger charge is -2.27. The second-order valence-corrected chi connectivity index (χ2v) is 6.04. The molecule has 1 fully saturated rings. The maximum absolute atomic E-state index is 12.4. The van der Waals surface area contributed by atoms with Crippen molar-refractivity contribution in [2.75, 3.05) is 46.4 Å². The molecule has 2 aromatic rings. The van der Waals surface area contributed by atoms with Crippen LogP contribution in [0.2, 0.25) is 0 Å². The second kappa shape index (κ2) is 8.60. The van der Waals surface area contributed by atoms with Crippen LogP contribution in [0.3, 0.4) is 0 Å². The lowest BCUT2D eigenvalue weighted by Crippen LogP contribution is -2.46. The number of aromatic nitrogens is 1. The summed E-state index contributed by atoms with van der Waals surface area (Å²) in [6.45, 7) is 5.61. The lowest BCUT2D eigenvalue weighted by molar-refractivity contribution is 0.0947. The standard InChI is InChI=1S/C19H24N4O2/c1-25-18-4-2-15(3-5-18)16-12-17(14-21-13-16)19(24)22-8-11-23-9-6-20-7-10-23/h2-5,12-14,20H,6-11H2,1H3,(H,22,24). The van der Waals surface area contributed by atoms with Crippen LogP contribution >= 0.6 is 0 Å². The molecule has 6 nitrogen and oxygen atoms in total. The van der Waals surface area contributed by atoms with Crippen LogP contribution in [0.4, 0.5) is 0 Å². The SMILES string of the molecule is COc1ccc(-c2cncc(C(=O)NCCN3CCNCC3)c2)cc1. The van der Waals surface area contributed by atoms with Crippen molar-refractivity contribution in [2.24, 2.45) is 0 Å². The lowest BCUT2D eigenvalue weighted by atomic mass is 10.1. The van der Waals surface area contributed by atoms with Gasteiger partial charge in [0.2, 0.25) is 0 Å². The number of carbonyl (C=O) groups is 1. The van der Waals surface area contributed by atoms with E-state index >= 15 is 0 Å². The van der Waals surface area contributed by atoms with Crippen LogP contribution < -0.4 is 15.4 Å². The van der Waals surface area contributed by atoms with Crippen molar-refractivity contribution in [1.82, 2.24) is 20.5 Å². The van der Waals surface area contributed by atoms with E-state index in [-0.39, 0.29) is 5.91 Å². The number of pyridine rings is 1. The second-order valence-electron chi connectivity index (χ2n) is 6.04. The molecule has 3 rings (SSSR count). The third kappa shape index (κ3) is 4.78. The number of nitrogens with zero attached hydrogens (tertiary/aromatic N) is 2. The largest absolute Gasteiger partial charge is 0.497 e. The van der Waals surface area contributed by atoms with E-state index in [0.717, 1.165) is 49.6 Å². The van der Waals surface area contributed by atoms with Crippen LogP contribution in [0.5, 0.6) is 5.75 Å². The Morgan fingerprint density at radius 3 is 2.68 bits per heavy atom. The molecule has 1 aliphatic rings. The van der Waals surface area contributed by atoms with Gasteiger partial charge in [-0.25, -0.2) is 0 Å². The Balaban J connectivity index is 1.58. The first-order valence-corrected chi connectivity index (χ1v) is 8.57. The van der Waals surface area contributed by atoms with E-state index in [1.54, 1.807) is 19.5 Å². The highest BCUT2D eigenvalue weighted by molar-refractivity contribution is 5.95. The number of carbonyl (C=O) groups excluding carboxylic acids is 1. The molecule has 2 heterocycles. The molecule has 1 aliphatic heterocycles. The summed E-state index contributed by atoms with van der Waals surface area (Å²) < 4.78 is 5.17. The Kier molecular flexibility index (Phi) is 5.98. The van der Waals surface area contributed by atoms with Crippen LogP contribution in [0.1, 0.15) is 10.4 Å². The van der Waals surface area contributed by atoms with Crippen molar-refractivity contribution in [3.63, 3.8) is 0 Å². The molecule has 0 aliphatic carbocycles. The summed E-state index contributed by atoms with van der Waals surface area (Å²) in [7, 11) is 1.64. The molecule has 1 aromatic heterocycles. The number of benzene rings is 1. The van der Waals surface area contributed by atoms with E-state index in [9.17, 15) is 4.79 Å². The average molecular weight is 340 g/mol. The molecule has 0 spiro atoms. The number of methoxy groups -OCH3 is 1. The summed E-state index contributed by atoms with van der Waals surface area (Å²) in [5.41, 5.74) is 2.50. The number of ether oxygens (including phenoxy) is 1. The molecule has 1 amide bonds. The monoisotopic (exact) mass is 340 g/mol. The molecule has 0 bridgehead atoms. The van der Waals surface area contributed by atoms with Crippen molar-refractivity contribution in [3.8, 4) is 16.9 Å². The molecule has 6 heteroatoms.